The monoisotopic (exact) mass is 308 g/mol. The number of sulfonamides is 1. The van der Waals surface area contributed by atoms with Gasteiger partial charge in [0.15, 0.2) is 14.9 Å². The van der Waals surface area contributed by atoms with Crippen molar-refractivity contribution in [2.24, 2.45) is 5.73 Å². The summed E-state index contributed by atoms with van der Waals surface area (Å²) in [5, 5.41) is 6.14. The van der Waals surface area contributed by atoms with Gasteiger partial charge in [-0.2, -0.15) is 5.10 Å². The number of H-pyrrole nitrogens is 1. The lowest BCUT2D eigenvalue weighted by molar-refractivity contribution is 0.557. The molecule has 10 heteroatoms. The molecule has 108 valence electrons. The lowest BCUT2D eigenvalue weighted by Crippen LogP contribution is -2.36. The second-order valence-electron chi connectivity index (χ2n) is 4.56. The van der Waals surface area contributed by atoms with Gasteiger partial charge in [-0.3, -0.25) is 5.10 Å². The molecule has 19 heavy (non-hydrogen) atoms. The Balaban J connectivity index is 2.24. The Hall–Kier alpha value is -0.970. The molecule has 1 aromatic rings. The van der Waals surface area contributed by atoms with Crippen LogP contribution in [0.5, 0.6) is 0 Å². The third-order valence-corrected chi connectivity index (χ3v) is 6.31. The van der Waals surface area contributed by atoms with E-state index in [1.165, 1.54) is 0 Å². The van der Waals surface area contributed by atoms with Crippen molar-refractivity contribution in [2.45, 2.75) is 31.0 Å². The van der Waals surface area contributed by atoms with Crippen LogP contribution in [0.4, 0.5) is 0 Å². The van der Waals surface area contributed by atoms with E-state index in [4.69, 9.17) is 5.73 Å². The number of aromatic nitrogens is 2. The second kappa shape index (κ2) is 4.85. The lowest BCUT2D eigenvalue weighted by atomic mass is 10.3. The average molecular weight is 308 g/mol. The molecule has 8 nitrogen and oxygen atoms in total. The maximum absolute atomic E-state index is 12.1. The van der Waals surface area contributed by atoms with Gasteiger partial charge in [0.1, 0.15) is 0 Å². The van der Waals surface area contributed by atoms with Crippen LogP contribution in [0, 0.1) is 6.92 Å². The maximum Gasteiger partial charge on any atom is 0.260 e. The van der Waals surface area contributed by atoms with E-state index < -0.39 is 25.9 Å². The molecule has 0 saturated carbocycles. The number of hydrogen-bond donors (Lipinski definition) is 3. The molecule has 1 atom stereocenters. The Morgan fingerprint density at radius 2 is 2.21 bits per heavy atom. The van der Waals surface area contributed by atoms with Gasteiger partial charge in [0.05, 0.1) is 11.5 Å². The second-order valence-corrected chi connectivity index (χ2v) is 8.42. The number of aromatic amines is 1. The fourth-order valence-electron chi connectivity index (χ4n) is 2.06. The first-order valence-corrected chi connectivity index (χ1v) is 9.02. The number of sulfone groups is 1. The Morgan fingerprint density at radius 3 is 2.74 bits per heavy atom. The van der Waals surface area contributed by atoms with Gasteiger partial charge in [-0.15, -0.1) is 0 Å². The number of aryl methyl sites for hydroxylation is 1. The van der Waals surface area contributed by atoms with Gasteiger partial charge in [0, 0.05) is 23.8 Å². The molecule has 4 N–H and O–H groups in total. The van der Waals surface area contributed by atoms with Gasteiger partial charge in [0.25, 0.3) is 10.0 Å². The molecule has 1 aliphatic rings. The third kappa shape index (κ3) is 2.96. The lowest BCUT2D eigenvalue weighted by Gasteiger charge is -2.10. The summed E-state index contributed by atoms with van der Waals surface area (Å²) in [4.78, 5) is 0. The van der Waals surface area contributed by atoms with E-state index >= 15 is 0 Å². The fourth-order valence-corrected chi connectivity index (χ4v) is 5.31. The van der Waals surface area contributed by atoms with Crippen LogP contribution in [-0.2, 0) is 26.4 Å². The van der Waals surface area contributed by atoms with Crippen molar-refractivity contribution in [2.75, 3.05) is 11.5 Å². The topological polar surface area (TPSA) is 135 Å². The number of hydrogen-bond acceptors (Lipinski definition) is 6. The van der Waals surface area contributed by atoms with Crippen molar-refractivity contribution in [3.8, 4) is 0 Å². The van der Waals surface area contributed by atoms with Gasteiger partial charge in [-0.05, 0) is 13.3 Å². The summed E-state index contributed by atoms with van der Waals surface area (Å²) in [5.41, 5.74) is 6.49. The molecule has 0 radical (unpaired) electrons. The van der Waals surface area contributed by atoms with Crippen molar-refractivity contribution >= 4 is 19.9 Å². The van der Waals surface area contributed by atoms with Gasteiger partial charge in [0.2, 0.25) is 0 Å². The van der Waals surface area contributed by atoms with Crippen LogP contribution in [0.3, 0.4) is 0 Å². The average Bonchev–Trinajstić information content (AvgIpc) is 2.81. The zero-order valence-corrected chi connectivity index (χ0v) is 12.0. The molecule has 1 fully saturated rings. The summed E-state index contributed by atoms with van der Waals surface area (Å²) in [5.74, 6) is -0.170. The Bertz CT molecular complexity index is 677. The first-order valence-electron chi connectivity index (χ1n) is 5.72. The van der Waals surface area contributed by atoms with Gasteiger partial charge in [-0.1, -0.05) is 0 Å². The van der Waals surface area contributed by atoms with Crippen LogP contribution >= 0.6 is 0 Å². The highest BCUT2D eigenvalue weighted by atomic mass is 32.2. The quantitative estimate of drug-likeness (QED) is 0.629. The summed E-state index contributed by atoms with van der Waals surface area (Å²) in [7, 11) is -6.99. The maximum atomic E-state index is 12.1. The van der Waals surface area contributed by atoms with E-state index in [9.17, 15) is 16.8 Å². The molecular formula is C9H16N4O4S2. The zero-order chi connectivity index (χ0) is 14.3. The molecule has 1 aliphatic heterocycles. The number of nitrogens with two attached hydrogens (primary N) is 1. The number of rotatable bonds is 4. The van der Waals surface area contributed by atoms with E-state index in [-0.39, 0.29) is 29.5 Å². The minimum atomic E-state index is -3.85. The van der Waals surface area contributed by atoms with Crippen LogP contribution in [0.2, 0.25) is 0 Å². The molecule has 0 amide bonds. The predicted octanol–water partition coefficient (Wildman–Crippen LogP) is -1.36. The van der Waals surface area contributed by atoms with Crippen LogP contribution in [0.25, 0.3) is 0 Å². The summed E-state index contributed by atoms with van der Waals surface area (Å²) >= 11 is 0. The number of nitrogens with zero attached hydrogens (tertiary/aromatic N) is 1. The van der Waals surface area contributed by atoms with Gasteiger partial charge >= 0.3 is 0 Å². The minimum absolute atomic E-state index is 0.00350. The van der Waals surface area contributed by atoms with Crippen LogP contribution < -0.4 is 10.5 Å². The Kier molecular flexibility index (Phi) is 3.69. The largest absolute Gasteiger partial charge is 0.326 e. The van der Waals surface area contributed by atoms with E-state index in [1.807, 2.05) is 0 Å². The predicted molar refractivity (Wildman–Crippen MR) is 68.6 cm³/mol. The molecule has 0 bridgehead atoms. The SMILES string of the molecule is Cc1[nH]nc(S(=O)(=O)NC2CCS(=O)(=O)C2)c1CN. The summed E-state index contributed by atoms with van der Waals surface area (Å²) in [6, 6.07) is -0.599. The molecule has 1 saturated heterocycles. The molecule has 1 aromatic heterocycles. The minimum Gasteiger partial charge on any atom is -0.326 e. The van der Waals surface area contributed by atoms with E-state index in [2.05, 4.69) is 14.9 Å². The molecule has 1 unspecified atom stereocenters. The standard InChI is InChI=1S/C9H16N4O4S2/c1-6-8(4-10)9(12-11-6)19(16,17)13-7-2-3-18(14,15)5-7/h7,13H,2-5,10H2,1H3,(H,11,12). The third-order valence-electron chi connectivity index (χ3n) is 3.05. The van der Waals surface area contributed by atoms with Crippen LogP contribution in [-0.4, -0.2) is 44.6 Å². The molecule has 0 aliphatic carbocycles. The van der Waals surface area contributed by atoms with Crippen LogP contribution in [0.1, 0.15) is 17.7 Å². The van der Waals surface area contributed by atoms with Crippen molar-refractivity contribution in [1.29, 1.82) is 0 Å². The highest BCUT2D eigenvalue weighted by Gasteiger charge is 2.33. The van der Waals surface area contributed by atoms with Crippen molar-refractivity contribution < 1.29 is 16.8 Å². The Labute approximate surface area is 111 Å². The first kappa shape index (κ1) is 14.4. The molecule has 0 aromatic carbocycles. The van der Waals surface area contributed by atoms with Gasteiger partial charge < -0.3 is 5.73 Å². The molecular weight excluding hydrogens is 292 g/mol. The molecule has 2 heterocycles. The molecule has 0 spiro atoms. The molecule has 2 rings (SSSR count). The van der Waals surface area contributed by atoms with Crippen molar-refractivity contribution in [3.63, 3.8) is 0 Å². The summed E-state index contributed by atoms with van der Waals surface area (Å²) < 4.78 is 49.3. The van der Waals surface area contributed by atoms with Crippen molar-refractivity contribution in [3.05, 3.63) is 11.3 Å². The number of nitrogens with one attached hydrogen (secondary N) is 2. The smallest absolute Gasteiger partial charge is 0.260 e. The highest BCUT2D eigenvalue weighted by Crippen LogP contribution is 2.18. The normalized spacial score (nSPS) is 22.7. The Morgan fingerprint density at radius 1 is 1.53 bits per heavy atom. The van der Waals surface area contributed by atoms with Crippen LogP contribution in [0.15, 0.2) is 5.03 Å². The van der Waals surface area contributed by atoms with Crippen molar-refractivity contribution in [1.82, 2.24) is 14.9 Å². The zero-order valence-electron chi connectivity index (χ0n) is 10.4. The van der Waals surface area contributed by atoms with Gasteiger partial charge in [-0.25, -0.2) is 21.6 Å². The van der Waals surface area contributed by atoms with E-state index in [1.54, 1.807) is 6.92 Å². The summed E-state index contributed by atoms with van der Waals surface area (Å²) in [6.07, 6.45) is 0.281. The van der Waals surface area contributed by atoms with E-state index in [0.29, 0.717) is 11.3 Å². The summed E-state index contributed by atoms with van der Waals surface area (Å²) in [6.45, 7) is 1.72. The first-order chi connectivity index (χ1) is 8.75. The van der Waals surface area contributed by atoms with E-state index in [0.717, 1.165) is 0 Å². The fraction of sp³-hybridized carbons (Fsp3) is 0.667. The highest BCUT2D eigenvalue weighted by molar-refractivity contribution is 7.92.